The van der Waals surface area contributed by atoms with Gasteiger partial charge in [-0.05, 0) is 15.9 Å². The van der Waals surface area contributed by atoms with Gasteiger partial charge in [0.1, 0.15) is 0 Å². The number of nitrogens with one attached hydrogen (secondary N) is 1. The second-order valence-electron chi connectivity index (χ2n) is 2.37. The van der Waals surface area contributed by atoms with Gasteiger partial charge in [-0.2, -0.15) is 8.78 Å². The summed E-state index contributed by atoms with van der Waals surface area (Å²) in [7, 11) is 0. The molecule has 0 amide bonds. The van der Waals surface area contributed by atoms with Crippen molar-refractivity contribution in [3.63, 3.8) is 0 Å². The van der Waals surface area contributed by atoms with Crippen LogP contribution in [0.25, 0.3) is 0 Å². The predicted octanol–water partition coefficient (Wildman–Crippen LogP) is 0.554. The Hall–Kier alpha value is 0.260. The predicted molar refractivity (Wildman–Crippen MR) is 36.2 cm³/mol. The van der Waals surface area contributed by atoms with Gasteiger partial charge in [0.15, 0.2) is 0 Å². The zero-order valence-corrected chi connectivity index (χ0v) is 6.74. The maximum absolute atomic E-state index is 12.4. The third-order valence-corrected chi connectivity index (χ3v) is 2.19. The second kappa shape index (κ2) is 2.71. The molecule has 1 aliphatic heterocycles. The molecule has 2 N–H and O–H groups in total. The van der Waals surface area contributed by atoms with Gasteiger partial charge < -0.3 is 10.4 Å². The zero-order chi connectivity index (χ0) is 7.78. The first-order chi connectivity index (χ1) is 4.52. The molecular weight excluding hydrogens is 208 g/mol. The van der Waals surface area contributed by atoms with Gasteiger partial charge in [0.2, 0.25) is 0 Å². The average molecular weight is 216 g/mol. The highest BCUT2D eigenvalue weighted by atomic mass is 79.9. The maximum atomic E-state index is 12.4. The molecule has 1 rings (SSSR count). The molecule has 1 aliphatic rings. The molecule has 2 unspecified atom stereocenters. The van der Waals surface area contributed by atoms with Gasteiger partial charge in [0.25, 0.3) is 0 Å². The molecule has 1 saturated heterocycles. The van der Waals surface area contributed by atoms with Crippen LogP contribution in [0.3, 0.4) is 0 Å². The van der Waals surface area contributed by atoms with Crippen molar-refractivity contribution in [2.45, 2.75) is 10.9 Å². The quantitative estimate of drug-likeness (QED) is 0.627. The summed E-state index contributed by atoms with van der Waals surface area (Å²) in [4.78, 5) is -2.95. The molecule has 0 bridgehead atoms. The summed E-state index contributed by atoms with van der Waals surface area (Å²) >= 11 is 2.21. The van der Waals surface area contributed by atoms with E-state index in [1.807, 2.05) is 0 Å². The molecule has 0 aliphatic carbocycles. The largest absolute Gasteiger partial charge is 0.391 e. The number of β-amino-alcohol motifs (C(OH)–C–C–N with tert-alkyl or cyclic N) is 1. The molecule has 10 heavy (non-hydrogen) atoms. The summed E-state index contributed by atoms with van der Waals surface area (Å²) in [5, 5.41) is 11.6. The third-order valence-electron chi connectivity index (χ3n) is 1.60. The van der Waals surface area contributed by atoms with Crippen molar-refractivity contribution in [2.24, 2.45) is 5.92 Å². The van der Waals surface area contributed by atoms with Crippen molar-refractivity contribution in [3.8, 4) is 0 Å². The number of halogens is 3. The molecular formula is C5H8BrF2NO. The molecule has 0 aromatic rings. The van der Waals surface area contributed by atoms with Gasteiger partial charge in [0, 0.05) is 13.1 Å². The van der Waals surface area contributed by atoms with Gasteiger partial charge >= 0.3 is 4.83 Å². The average Bonchev–Trinajstić information content (AvgIpc) is 2.11. The first-order valence-electron chi connectivity index (χ1n) is 2.97. The molecule has 60 valence electrons. The minimum Gasteiger partial charge on any atom is -0.391 e. The fourth-order valence-electron chi connectivity index (χ4n) is 0.999. The van der Waals surface area contributed by atoms with Gasteiger partial charge in [0.05, 0.1) is 12.0 Å². The molecule has 1 heterocycles. The van der Waals surface area contributed by atoms with E-state index < -0.39 is 16.9 Å². The SMILES string of the molecule is OC1CNCC1C(F)(F)Br. The number of rotatable bonds is 1. The monoisotopic (exact) mass is 215 g/mol. The Morgan fingerprint density at radius 3 is 2.30 bits per heavy atom. The zero-order valence-electron chi connectivity index (χ0n) is 5.15. The summed E-state index contributed by atoms with van der Waals surface area (Å²) < 4.78 is 24.8. The van der Waals surface area contributed by atoms with Crippen LogP contribution in [0.1, 0.15) is 0 Å². The number of hydrogen-bond donors (Lipinski definition) is 2. The van der Waals surface area contributed by atoms with Crippen molar-refractivity contribution < 1.29 is 13.9 Å². The van der Waals surface area contributed by atoms with Crippen molar-refractivity contribution in [3.05, 3.63) is 0 Å². The van der Waals surface area contributed by atoms with E-state index in [4.69, 9.17) is 5.11 Å². The fourth-order valence-corrected chi connectivity index (χ4v) is 1.47. The second-order valence-corrected chi connectivity index (χ2v) is 3.43. The number of hydrogen-bond acceptors (Lipinski definition) is 2. The number of aliphatic hydroxyl groups excluding tert-OH is 1. The van der Waals surface area contributed by atoms with Gasteiger partial charge in [-0.1, -0.05) is 0 Å². The van der Waals surface area contributed by atoms with Crippen molar-refractivity contribution in [1.82, 2.24) is 5.32 Å². The van der Waals surface area contributed by atoms with E-state index >= 15 is 0 Å². The smallest absolute Gasteiger partial charge is 0.307 e. The Morgan fingerprint density at radius 1 is 1.50 bits per heavy atom. The normalized spacial score (nSPS) is 34.8. The van der Waals surface area contributed by atoms with Crippen LogP contribution in [-0.2, 0) is 0 Å². The standard InChI is InChI=1S/C5H8BrF2NO/c6-5(7,8)3-1-9-2-4(3)10/h3-4,9-10H,1-2H2. The summed E-state index contributed by atoms with van der Waals surface area (Å²) in [6.07, 6.45) is -0.936. The van der Waals surface area contributed by atoms with E-state index in [0.717, 1.165) is 0 Å². The molecule has 2 atom stereocenters. The van der Waals surface area contributed by atoms with Crippen LogP contribution in [0.2, 0.25) is 0 Å². The van der Waals surface area contributed by atoms with E-state index in [0.29, 0.717) is 0 Å². The van der Waals surface area contributed by atoms with E-state index in [2.05, 4.69) is 21.2 Å². The minimum absolute atomic E-state index is 0.166. The number of aliphatic hydroxyl groups is 1. The Labute approximate surface area is 65.7 Å². The lowest BCUT2D eigenvalue weighted by molar-refractivity contribution is -0.00234. The lowest BCUT2D eigenvalue weighted by atomic mass is 10.1. The first-order valence-corrected chi connectivity index (χ1v) is 3.76. The Kier molecular flexibility index (Phi) is 2.27. The van der Waals surface area contributed by atoms with Crippen LogP contribution in [0.5, 0.6) is 0 Å². The molecule has 0 aromatic heterocycles. The van der Waals surface area contributed by atoms with Crippen molar-refractivity contribution in [2.75, 3.05) is 13.1 Å². The Balaban J connectivity index is 2.55. The van der Waals surface area contributed by atoms with Crippen LogP contribution in [-0.4, -0.2) is 29.1 Å². The lowest BCUT2D eigenvalue weighted by Gasteiger charge is -2.18. The van der Waals surface area contributed by atoms with Gasteiger partial charge in [-0.15, -0.1) is 0 Å². The topological polar surface area (TPSA) is 32.3 Å². The molecule has 0 saturated carbocycles. The Morgan fingerprint density at radius 2 is 2.10 bits per heavy atom. The van der Waals surface area contributed by atoms with Gasteiger partial charge in [-0.3, -0.25) is 0 Å². The molecule has 1 fully saturated rings. The van der Waals surface area contributed by atoms with Gasteiger partial charge in [-0.25, -0.2) is 0 Å². The molecule has 0 radical (unpaired) electrons. The van der Waals surface area contributed by atoms with Crippen LogP contribution in [0.15, 0.2) is 0 Å². The highest BCUT2D eigenvalue weighted by Gasteiger charge is 2.43. The van der Waals surface area contributed by atoms with Crippen LogP contribution < -0.4 is 5.32 Å². The van der Waals surface area contributed by atoms with E-state index in [-0.39, 0.29) is 13.1 Å². The third kappa shape index (κ3) is 1.65. The van der Waals surface area contributed by atoms with E-state index in [9.17, 15) is 8.78 Å². The fraction of sp³-hybridized carbons (Fsp3) is 1.00. The van der Waals surface area contributed by atoms with Crippen LogP contribution in [0.4, 0.5) is 8.78 Å². The van der Waals surface area contributed by atoms with Crippen LogP contribution in [0, 0.1) is 5.92 Å². The number of alkyl halides is 3. The minimum atomic E-state index is -2.95. The highest BCUT2D eigenvalue weighted by Crippen LogP contribution is 2.34. The summed E-state index contributed by atoms with van der Waals surface area (Å²) in [5.74, 6) is -0.993. The first kappa shape index (κ1) is 8.36. The Bertz CT molecular complexity index is 127. The van der Waals surface area contributed by atoms with Crippen molar-refractivity contribution in [1.29, 1.82) is 0 Å². The van der Waals surface area contributed by atoms with E-state index in [1.54, 1.807) is 0 Å². The molecule has 0 aromatic carbocycles. The molecule has 5 heteroatoms. The molecule has 2 nitrogen and oxygen atoms in total. The van der Waals surface area contributed by atoms with Crippen molar-refractivity contribution >= 4 is 15.9 Å². The van der Waals surface area contributed by atoms with Crippen LogP contribution >= 0.6 is 15.9 Å². The summed E-state index contributed by atoms with van der Waals surface area (Å²) in [6, 6.07) is 0. The van der Waals surface area contributed by atoms with E-state index in [1.165, 1.54) is 0 Å². The summed E-state index contributed by atoms with van der Waals surface area (Å²) in [6.45, 7) is 0.422. The lowest BCUT2D eigenvalue weighted by Crippen LogP contribution is -2.31. The maximum Gasteiger partial charge on any atom is 0.307 e. The highest BCUT2D eigenvalue weighted by molar-refractivity contribution is 9.10. The molecule has 0 spiro atoms. The summed E-state index contributed by atoms with van der Waals surface area (Å²) in [5.41, 5.74) is 0.